The molecule has 0 bridgehead atoms. The normalized spacial score (nSPS) is 12.8. The highest BCUT2D eigenvalue weighted by Crippen LogP contribution is 2.37. The molecule has 1 aliphatic heterocycles. The first kappa shape index (κ1) is 25.2. The highest BCUT2D eigenvalue weighted by atomic mass is 16.4. The van der Waals surface area contributed by atoms with Crippen LogP contribution in [0.4, 0.5) is 10.5 Å². The Labute approximate surface area is 210 Å². The summed E-state index contributed by atoms with van der Waals surface area (Å²) in [5.74, 6) is 1.90. The minimum absolute atomic E-state index is 0.0468. The summed E-state index contributed by atoms with van der Waals surface area (Å²) in [6, 6.07) is 7.22. The molecular formula is C26H33N7O3. The highest BCUT2D eigenvalue weighted by molar-refractivity contribution is 6.07. The van der Waals surface area contributed by atoms with Crippen molar-refractivity contribution in [2.75, 3.05) is 26.0 Å². The SMILES string of the molecule is CCNC(=O)NC1=NCc2cc(-c3ccn(CC(C)C)c(=O)c3)cc(-c3ncc(CN(C)C)o3)c2N1. The summed E-state index contributed by atoms with van der Waals surface area (Å²) in [5, 5.41) is 8.66. The number of hydrogen-bond donors (Lipinski definition) is 3. The van der Waals surface area contributed by atoms with Gasteiger partial charge in [-0.1, -0.05) is 13.8 Å². The quantitative estimate of drug-likeness (QED) is 0.466. The van der Waals surface area contributed by atoms with Gasteiger partial charge in [-0.15, -0.1) is 0 Å². The maximum Gasteiger partial charge on any atom is 0.321 e. The summed E-state index contributed by atoms with van der Waals surface area (Å²) >= 11 is 0. The predicted octanol–water partition coefficient (Wildman–Crippen LogP) is 3.49. The molecule has 0 saturated carbocycles. The molecular weight excluding hydrogens is 458 g/mol. The number of anilines is 1. The van der Waals surface area contributed by atoms with Gasteiger partial charge in [-0.3, -0.25) is 10.1 Å². The number of benzene rings is 1. The molecule has 190 valence electrons. The molecule has 3 aromatic rings. The van der Waals surface area contributed by atoms with Crippen LogP contribution in [0.1, 0.15) is 32.1 Å². The summed E-state index contributed by atoms with van der Waals surface area (Å²) in [4.78, 5) is 35.8. The summed E-state index contributed by atoms with van der Waals surface area (Å²) in [6.45, 7) is 8.14. The lowest BCUT2D eigenvalue weighted by molar-refractivity contribution is 0.246. The maximum absolute atomic E-state index is 12.7. The number of nitrogens with one attached hydrogen (secondary N) is 3. The van der Waals surface area contributed by atoms with Crippen LogP contribution in [0.15, 0.2) is 50.9 Å². The number of urea groups is 1. The number of aliphatic imine (C=N–C) groups is 1. The van der Waals surface area contributed by atoms with Crippen molar-refractivity contribution in [3.63, 3.8) is 0 Å². The Morgan fingerprint density at radius 2 is 2.06 bits per heavy atom. The van der Waals surface area contributed by atoms with Gasteiger partial charge in [0.15, 0.2) is 0 Å². The molecule has 3 N–H and O–H groups in total. The van der Waals surface area contributed by atoms with Crippen LogP contribution in [0.3, 0.4) is 0 Å². The lowest BCUT2D eigenvalue weighted by atomic mass is 9.97. The van der Waals surface area contributed by atoms with Crippen LogP contribution in [0, 0.1) is 5.92 Å². The van der Waals surface area contributed by atoms with E-state index in [2.05, 4.69) is 39.8 Å². The fourth-order valence-electron chi connectivity index (χ4n) is 4.06. The Morgan fingerprint density at radius 1 is 1.25 bits per heavy atom. The monoisotopic (exact) mass is 491 g/mol. The van der Waals surface area contributed by atoms with E-state index in [9.17, 15) is 9.59 Å². The third-order valence-corrected chi connectivity index (χ3v) is 5.59. The molecule has 10 heteroatoms. The summed E-state index contributed by atoms with van der Waals surface area (Å²) in [7, 11) is 3.92. The van der Waals surface area contributed by atoms with Gasteiger partial charge < -0.3 is 24.5 Å². The molecule has 2 aromatic heterocycles. The molecule has 0 radical (unpaired) electrons. The van der Waals surface area contributed by atoms with Crippen molar-refractivity contribution in [3.8, 4) is 22.6 Å². The maximum atomic E-state index is 12.7. The Kier molecular flexibility index (Phi) is 7.54. The van der Waals surface area contributed by atoms with Gasteiger partial charge in [0.25, 0.3) is 5.56 Å². The van der Waals surface area contributed by atoms with Crippen LogP contribution < -0.4 is 21.5 Å². The van der Waals surface area contributed by atoms with Crippen molar-refractivity contribution >= 4 is 17.7 Å². The van der Waals surface area contributed by atoms with Crippen LogP contribution in [0.5, 0.6) is 0 Å². The molecule has 1 aliphatic rings. The average molecular weight is 492 g/mol. The predicted molar refractivity (Wildman–Crippen MR) is 141 cm³/mol. The van der Waals surface area contributed by atoms with Gasteiger partial charge in [0, 0.05) is 25.4 Å². The van der Waals surface area contributed by atoms with Crippen molar-refractivity contribution in [1.29, 1.82) is 0 Å². The number of aromatic nitrogens is 2. The third-order valence-electron chi connectivity index (χ3n) is 5.59. The molecule has 3 heterocycles. The van der Waals surface area contributed by atoms with Crippen LogP contribution in [0.2, 0.25) is 0 Å². The molecule has 0 atom stereocenters. The zero-order chi connectivity index (χ0) is 25.8. The fraction of sp³-hybridized carbons (Fsp3) is 0.385. The number of nitrogens with zero attached hydrogens (tertiary/aromatic N) is 4. The lowest BCUT2D eigenvalue weighted by Crippen LogP contribution is -2.43. The van der Waals surface area contributed by atoms with Crippen LogP contribution in [0.25, 0.3) is 22.6 Å². The number of amides is 2. The molecule has 0 spiro atoms. The van der Waals surface area contributed by atoms with E-state index >= 15 is 0 Å². The van der Waals surface area contributed by atoms with Crippen LogP contribution >= 0.6 is 0 Å². The van der Waals surface area contributed by atoms with E-state index in [0.29, 0.717) is 43.9 Å². The standard InChI is InChI=1S/C26H33N7O3/c1-6-27-26(35)31-25-29-12-19-9-18(17-7-8-33(14-16(2)3)22(34)11-17)10-21(23(19)30-25)24-28-13-20(36-24)15-32(4)5/h7-11,13,16H,6,12,14-15H2,1-5H3,(H3,27,29,30,31,35). The number of guanidine groups is 1. The minimum Gasteiger partial charge on any atom is -0.440 e. The number of rotatable bonds is 7. The van der Waals surface area contributed by atoms with Gasteiger partial charge in [0.05, 0.1) is 30.5 Å². The van der Waals surface area contributed by atoms with Crippen LogP contribution in [-0.2, 0) is 19.6 Å². The number of carbonyl (C=O) groups excluding carboxylic acids is 1. The largest absolute Gasteiger partial charge is 0.440 e. The first-order chi connectivity index (χ1) is 17.2. The topological polar surface area (TPSA) is 117 Å². The molecule has 0 aliphatic carbocycles. The van der Waals surface area contributed by atoms with E-state index < -0.39 is 0 Å². The van der Waals surface area contributed by atoms with E-state index in [1.807, 2.05) is 50.3 Å². The highest BCUT2D eigenvalue weighted by Gasteiger charge is 2.22. The van der Waals surface area contributed by atoms with Crippen molar-refractivity contribution < 1.29 is 9.21 Å². The van der Waals surface area contributed by atoms with Gasteiger partial charge in [0.1, 0.15) is 5.76 Å². The first-order valence-corrected chi connectivity index (χ1v) is 12.1. The molecule has 36 heavy (non-hydrogen) atoms. The molecule has 0 unspecified atom stereocenters. The van der Waals surface area contributed by atoms with Crippen molar-refractivity contribution in [3.05, 3.63) is 58.3 Å². The Bertz CT molecular complexity index is 1340. The fourth-order valence-corrected chi connectivity index (χ4v) is 4.06. The second-order valence-electron chi connectivity index (χ2n) is 9.50. The number of oxazole rings is 1. The van der Waals surface area contributed by atoms with Gasteiger partial charge >= 0.3 is 6.03 Å². The number of pyridine rings is 1. The third kappa shape index (κ3) is 5.83. The van der Waals surface area contributed by atoms with Gasteiger partial charge in [-0.2, -0.15) is 0 Å². The number of carbonyl (C=O) groups is 1. The van der Waals surface area contributed by atoms with Crippen molar-refractivity contribution in [2.24, 2.45) is 10.9 Å². The minimum atomic E-state index is -0.336. The zero-order valence-corrected chi connectivity index (χ0v) is 21.4. The Hall–Kier alpha value is -3.92. The molecule has 1 aromatic carbocycles. The Balaban J connectivity index is 1.75. The smallest absolute Gasteiger partial charge is 0.321 e. The molecule has 2 amide bonds. The van der Waals surface area contributed by atoms with E-state index in [4.69, 9.17) is 4.42 Å². The van der Waals surface area contributed by atoms with Gasteiger partial charge in [-0.25, -0.2) is 14.8 Å². The first-order valence-electron chi connectivity index (χ1n) is 12.1. The van der Waals surface area contributed by atoms with E-state index in [1.165, 1.54) is 0 Å². The number of fused-ring (bicyclic) bond motifs is 1. The zero-order valence-electron chi connectivity index (χ0n) is 21.4. The van der Waals surface area contributed by atoms with Gasteiger partial charge in [-0.05, 0) is 61.8 Å². The van der Waals surface area contributed by atoms with Crippen LogP contribution in [-0.4, -0.2) is 47.1 Å². The lowest BCUT2D eigenvalue weighted by Gasteiger charge is -2.22. The number of hydrogen-bond acceptors (Lipinski definition) is 7. The molecule has 4 rings (SSSR count). The Morgan fingerprint density at radius 3 is 2.75 bits per heavy atom. The molecule has 0 saturated heterocycles. The average Bonchev–Trinajstić information content (AvgIpc) is 3.27. The van der Waals surface area contributed by atoms with E-state index in [1.54, 1.807) is 16.8 Å². The second-order valence-corrected chi connectivity index (χ2v) is 9.50. The summed E-state index contributed by atoms with van der Waals surface area (Å²) in [5.41, 5.74) is 4.01. The van der Waals surface area contributed by atoms with Crippen molar-refractivity contribution in [2.45, 2.75) is 40.4 Å². The van der Waals surface area contributed by atoms with Gasteiger partial charge in [0.2, 0.25) is 11.9 Å². The van der Waals surface area contributed by atoms with Crippen molar-refractivity contribution in [1.82, 2.24) is 25.1 Å². The van der Waals surface area contributed by atoms with E-state index in [0.717, 1.165) is 33.7 Å². The molecule has 10 nitrogen and oxygen atoms in total. The summed E-state index contributed by atoms with van der Waals surface area (Å²) < 4.78 is 7.80. The molecule has 0 fully saturated rings. The second kappa shape index (κ2) is 10.8. The van der Waals surface area contributed by atoms with E-state index in [-0.39, 0.29) is 11.6 Å². The summed E-state index contributed by atoms with van der Waals surface area (Å²) in [6.07, 6.45) is 3.55.